The number of rotatable bonds is 3. The minimum Gasteiger partial charge on any atom is -0.298 e. The van der Waals surface area contributed by atoms with Crippen molar-refractivity contribution in [2.75, 3.05) is 11.5 Å². The molecule has 0 N–H and O–H groups in total. The zero-order chi connectivity index (χ0) is 13.2. The Labute approximate surface area is 108 Å². The first kappa shape index (κ1) is 13.3. The third kappa shape index (κ3) is 2.99. The predicted octanol–water partition coefficient (Wildman–Crippen LogP) is 2.43. The summed E-state index contributed by atoms with van der Waals surface area (Å²) >= 11 is 0. The second-order valence-electron chi connectivity index (χ2n) is 5.09. The third-order valence-corrected chi connectivity index (χ3v) is 5.65. The van der Waals surface area contributed by atoms with E-state index in [1.807, 2.05) is 12.1 Å². The molecule has 2 unspecified atom stereocenters. The normalized spacial score (nSPS) is 24.4. The van der Waals surface area contributed by atoms with Gasteiger partial charge in [-0.15, -0.1) is 0 Å². The van der Waals surface area contributed by atoms with Gasteiger partial charge in [0.05, 0.1) is 11.5 Å². The molecule has 2 atom stereocenters. The van der Waals surface area contributed by atoms with Gasteiger partial charge in [0.2, 0.25) is 0 Å². The Kier molecular flexibility index (Phi) is 3.85. The highest BCUT2D eigenvalue weighted by atomic mass is 32.2. The van der Waals surface area contributed by atoms with Gasteiger partial charge in [0.15, 0.2) is 9.84 Å². The molecule has 0 aromatic heterocycles. The van der Waals surface area contributed by atoms with Crippen molar-refractivity contribution in [1.82, 2.24) is 0 Å². The molecule has 1 aromatic carbocycles. The molecule has 1 fully saturated rings. The van der Waals surface area contributed by atoms with Gasteiger partial charge in [-0.1, -0.05) is 31.2 Å². The van der Waals surface area contributed by atoms with Crippen molar-refractivity contribution < 1.29 is 13.2 Å². The molecular formula is C14H18O3S. The van der Waals surface area contributed by atoms with Gasteiger partial charge in [0.1, 0.15) is 6.29 Å². The quantitative estimate of drug-likeness (QED) is 0.789. The van der Waals surface area contributed by atoms with Gasteiger partial charge in [-0.2, -0.15) is 0 Å². The lowest BCUT2D eigenvalue weighted by Crippen LogP contribution is -2.28. The zero-order valence-corrected chi connectivity index (χ0v) is 11.3. The molecule has 1 aromatic rings. The highest BCUT2D eigenvalue weighted by Crippen LogP contribution is 2.32. The summed E-state index contributed by atoms with van der Waals surface area (Å²) in [6, 6.07) is 7.43. The maximum Gasteiger partial charge on any atom is 0.150 e. The maximum atomic E-state index is 11.7. The van der Waals surface area contributed by atoms with E-state index in [2.05, 4.69) is 6.92 Å². The van der Waals surface area contributed by atoms with E-state index in [1.54, 1.807) is 12.1 Å². The first-order valence-electron chi connectivity index (χ1n) is 6.27. The van der Waals surface area contributed by atoms with Crippen LogP contribution in [-0.4, -0.2) is 26.2 Å². The molecule has 98 valence electrons. The van der Waals surface area contributed by atoms with E-state index >= 15 is 0 Å². The van der Waals surface area contributed by atoms with Gasteiger partial charge in [-0.3, -0.25) is 4.79 Å². The molecule has 0 aliphatic carbocycles. The molecule has 3 nitrogen and oxygen atoms in total. The van der Waals surface area contributed by atoms with Crippen molar-refractivity contribution >= 4 is 16.1 Å². The van der Waals surface area contributed by atoms with Gasteiger partial charge in [-0.05, 0) is 30.2 Å². The van der Waals surface area contributed by atoms with Gasteiger partial charge in [0, 0.05) is 5.56 Å². The highest BCUT2D eigenvalue weighted by molar-refractivity contribution is 7.91. The standard InChI is InChI=1S/C14H18O3S/c1-11(13-6-4-12(9-15)5-7-13)14-3-2-8-18(16,17)10-14/h4-7,9,11,14H,2-3,8,10H2,1H3. The van der Waals surface area contributed by atoms with E-state index in [9.17, 15) is 13.2 Å². The predicted molar refractivity (Wildman–Crippen MR) is 71.6 cm³/mol. The monoisotopic (exact) mass is 266 g/mol. The molecule has 0 amide bonds. The van der Waals surface area contributed by atoms with Crippen LogP contribution in [0.2, 0.25) is 0 Å². The molecule has 4 heteroatoms. The number of benzene rings is 1. The van der Waals surface area contributed by atoms with Crippen molar-refractivity contribution in [3.63, 3.8) is 0 Å². The second kappa shape index (κ2) is 5.22. The van der Waals surface area contributed by atoms with E-state index in [0.717, 1.165) is 24.7 Å². The molecule has 0 bridgehead atoms. The molecule has 1 heterocycles. The highest BCUT2D eigenvalue weighted by Gasteiger charge is 2.29. The average molecular weight is 266 g/mol. The van der Waals surface area contributed by atoms with Crippen molar-refractivity contribution in [1.29, 1.82) is 0 Å². The van der Waals surface area contributed by atoms with Crippen LogP contribution in [0.15, 0.2) is 24.3 Å². The number of carbonyl (C=O) groups is 1. The Morgan fingerprint density at radius 3 is 2.50 bits per heavy atom. The molecular weight excluding hydrogens is 248 g/mol. The first-order valence-corrected chi connectivity index (χ1v) is 8.09. The largest absolute Gasteiger partial charge is 0.298 e. The fourth-order valence-corrected chi connectivity index (χ4v) is 4.48. The lowest BCUT2D eigenvalue weighted by atomic mass is 9.85. The van der Waals surface area contributed by atoms with E-state index in [1.165, 1.54) is 0 Å². The van der Waals surface area contributed by atoms with Gasteiger partial charge >= 0.3 is 0 Å². The van der Waals surface area contributed by atoms with Crippen molar-refractivity contribution in [3.05, 3.63) is 35.4 Å². The number of hydrogen-bond acceptors (Lipinski definition) is 3. The summed E-state index contributed by atoms with van der Waals surface area (Å²) in [4.78, 5) is 10.6. The fraction of sp³-hybridized carbons (Fsp3) is 0.500. The Bertz CT molecular complexity index is 516. The summed E-state index contributed by atoms with van der Waals surface area (Å²) < 4.78 is 23.3. The summed E-state index contributed by atoms with van der Waals surface area (Å²) in [6.07, 6.45) is 2.55. The van der Waals surface area contributed by atoms with E-state index in [4.69, 9.17) is 0 Å². The molecule has 18 heavy (non-hydrogen) atoms. The van der Waals surface area contributed by atoms with Crippen molar-refractivity contribution in [2.24, 2.45) is 5.92 Å². The van der Waals surface area contributed by atoms with E-state index in [-0.39, 0.29) is 11.8 Å². The molecule has 0 radical (unpaired) electrons. The average Bonchev–Trinajstić information content (AvgIpc) is 2.37. The van der Waals surface area contributed by atoms with Crippen molar-refractivity contribution in [2.45, 2.75) is 25.7 Å². The van der Waals surface area contributed by atoms with Crippen LogP contribution in [0.5, 0.6) is 0 Å². The topological polar surface area (TPSA) is 51.2 Å². The maximum absolute atomic E-state index is 11.7. The van der Waals surface area contributed by atoms with Crippen LogP contribution in [0.3, 0.4) is 0 Å². The Morgan fingerprint density at radius 1 is 1.28 bits per heavy atom. The van der Waals surface area contributed by atoms with Crippen LogP contribution in [0.1, 0.15) is 41.6 Å². The first-order chi connectivity index (χ1) is 8.52. The number of carbonyl (C=O) groups excluding carboxylic acids is 1. The lowest BCUT2D eigenvalue weighted by molar-refractivity contribution is 0.112. The molecule has 1 aliphatic heterocycles. The smallest absolute Gasteiger partial charge is 0.150 e. The minimum absolute atomic E-state index is 0.200. The van der Waals surface area contributed by atoms with Crippen LogP contribution in [0.4, 0.5) is 0 Å². The SMILES string of the molecule is CC(c1ccc(C=O)cc1)C1CCCS(=O)(=O)C1. The Balaban J connectivity index is 2.14. The zero-order valence-electron chi connectivity index (χ0n) is 10.5. The van der Waals surface area contributed by atoms with Crippen LogP contribution in [0, 0.1) is 5.92 Å². The summed E-state index contributed by atoms with van der Waals surface area (Å²) in [7, 11) is -2.85. The van der Waals surface area contributed by atoms with E-state index < -0.39 is 9.84 Å². The molecule has 0 saturated carbocycles. The lowest BCUT2D eigenvalue weighted by Gasteiger charge is -2.27. The van der Waals surface area contributed by atoms with Gasteiger partial charge in [-0.25, -0.2) is 8.42 Å². The summed E-state index contributed by atoms with van der Waals surface area (Å²) in [6.45, 7) is 2.07. The molecule has 1 aliphatic rings. The van der Waals surface area contributed by atoms with Gasteiger partial charge < -0.3 is 0 Å². The minimum atomic E-state index is -2.85. The summed E-state index contributed by atoms with van der Waals surface area (Å²) in [5, 5.41) is 0. The van der Waals surface area contributed by atoms with E-state index in [0.29, 0.717) is 17.1 Å². The molecule has 2 rings (SSSR count). The third-order valence-electron chi connectivity index (χ3n) is 3.80. The van der Waals surface area contributed by atoms with Crippen molar-refractivity contribution in [3.8, 4) is 0 Å². The summed E-state index contributed by atoms with van der Waals surface area (Å²) in [5.41, 5.74) is 1.77. The van der Waals surface area contributed by atoms with Crippen LogP contribution in [0.25, 0.3) is 0 Å². The summed E-state index contributed by atoms with van der Waals surface area (Å²) in [5.74, 6) is 1.05. The number of sulfone groups is 1. The number of aldehydes is 1. The fourth-order valence-electron chi connectivity index (χ4n) is 2.60. The van der Waals surface area contributed by atoms with Crippen LogP contribution < -0.4 is 0 Å². The molecule has 1 saturated heterocycles. The second-order valence-corrected chi connectivity index (χ2v) is 7.32. The van der Waals surface area contributed by atoms with Gasteiger partial charge in [0.25, 0.3) is 0 Å². The van der Waals surface area contributed by atoms with Crippen LogP contribution in [-0.2, 0) is 9.84 Å². The molecule has 0 spiro atoms. The number of hydrogen-bond donors (Lipinski definition) is 0. The Hall–Kier alpha value is -1.16. The van der Waals surface area contributed by atoms with Crippen LogP contribution >= 0.6 is 0 Å². The Morgan fingerprint density at radius 2 is 1.94 bits per heavy atom.